The summed E-state index contributed by atoms with van der Waals surface area (Å²) in [5.74, 6) is -3.30. The standard InChI is InChI=1S/C22H10N4O6S4/c1-5-7(3-23)17(29)25-19(31)9(5)21-33-13-11(27)15-16(12(28)14(13)34-21)36-22(35-15)10-6(2)8(4-24)18(30)26-20(10)32/h27-28H,1-2H3,(H,25,29,31)(H,26,30,32). The van der Waals surface area contributed by atoms with Crippen molar-refractivity contribution >= 4 is 70.7 Å². The Bertz CT molecular complexity index is 1460. The largest absolute Gasteiger partial charge is 0.505 e. The topological polar surface area (TPSA) is 180 Å². The van der Waals surface area contributed by atoms with E-state index in [-0.39, 0.29) is 64.5 Å². The van der Waals surface area contributed by atoms with E-state index in [0.717, 1.165) is 47.0 Å². The molecule has 0 bridgehead atoms. The second kappa shape index (κ2) is 8.53. The first-order chi connectivity index (χ1) is 17.1. The maximum atomic E-state index is 12.6. The lowest BCUT2D eigenvalue weighted by atomic mass is 9.98. The fraction of sp³-hybridized carbons (Fsp3) is 0.0909. The van der Waals surface area contributed by atoms with Crippen LogP contribution in [0.2, 0.25) is 0 Å². The Morgan fingerprint density at radius 2 is 0.917 bits per heavy atom. The second-order valence-electron chi connectivity index (χ2n) is 7.54. The number of hydrogen-bond donors (Lipinski definition) is 4. The molecule has 4 amide bonds. The normalized spacial score (nSPS) is 19.3. The molecule has 4 heterocycles. The van der Waals surface area contributed by atoms with Gasteiger partial charge < -0.3 is 10.2 Å². The smallest absolute Gasteiger partial charge is 0.269 e. The summed E-state index contributed by atoms with van der Waals surface area (Å²) in [5.41, 5.74) is 0.212. The molecule has 0 fully saturated rings. The monoisotopic (exact) mass is 554 g/mol. The maximum Gasteiger partial charge on any atom is 0.269 e. The third-order valence-electron chi connectivity index (χ3n) is 5.55. The number of phenols is 2. The van der Waals surface area contributed by atoms with Crippen LogP contribution in [0.1, 0.15) is 13.8 Å². The summed E-state index contributed by atoms with van der Waals surface area (Å²) in [6, 6.07) is 3.57. The molecule has 4 N–H and O–H groups in total. The van der Waals surface area contributed by atoms with Gasteiger partial charge in [0.25, 0.3) is 23.6 Å². The third kappa shape index (κ3) is 3.37. The number of nitrogens with one attached hydrogen (secondary N) is 2. The van der Waals surface area contributed by atoms with Gasteiger partial charge in [-0.05, 0) is 25.0 Å². The summed E-state index contributed by atoms with van der Waals surface area (Å²) in [7, 11) is 0. The third-order valence-corrected chi connectivity index (χ3v) is 10.8. The van der Waals surface area contributed by atoms with E-state index in [9.17, 15) is 39.9 Å². The molecule has 0 radical (unpaired) electrons. The molecule has 4 aliphatic rings. The fourth-order valence-electron chi connectivity index (χ4n) is 3.78. The molecule has 178 valence electrons. The molecule has 0 unspecified atom stereocenters. The molecule has 0 spiro atoms. The van der Waals surface area contributed by atoms with Crippen LogP contribution in [0.25, 0.3) is 0 Å². The Morgan fingerprint density at radius 1 is 0.611 bits per heavy atom. The molecule has 4 aliphatic heterocycles. The van der Waals surface area contributed by atoms with Crippen molar-refractivity contribution in [3.05, 3.63) is 41.9 Å². The zero-order valence-electron chi connectivity index (χ0n) is 18.1. The number of rotatable bonds is 0. The van der Waals surface area contributed by atoms with Crippen LogP contribution >= 0.6 is 47.0 Å². The molecule has 1 aromatic carbocycles. The zero-order chi connectivity index (χ0) is 26.0. The lowest BCUT2D eigenvalue weighted by Gasteiger charge is -2.17. The molecular weight excluding hydrogens is 545 g/mol. The minimum atomic E-state index is -0.787. The van der Waals surface area contributed by atoms with Crippen LogP contribution in [0.15, 0.2) is 61.5 Å². The first-order valence-corrected chi connectivity index (χ1v) is 13.1. The van der Waals surface area contributed by atoms with Gasteiger partial charge in [-0.1, -0.05) is 47.0 Å². The van der Waals surface area contributed by atoms with Gasteiger partial charge in [0.2, 0.25) is 0 Å². The van der Waals surface area contributed by atoms with Crippen molar-refractivity contribution in [3.8, 4) is 23.6 Å². The van der Waals surface area contributed by atoms with Crippen molar-refractivity contribution in [2.45, 2.75) is 33.4 Å². The van der Waals surface area contributed by atoms with Crippen LogP contribution in [0.4, 0.5) is 0 Å². The number of thioether (sulfide) groups is 4. The van der Waals surface area contributed by atoms with Gasteiger partial charge in [-0.3, -0.25) is 29.8 Å². The molecule has 1 aromatic rings. The quantitative estimate of drug-likeness (QED) is 0.209. The summed E-state index contributed by atoms with van der Waals surface area (Å²) in [6.07, 6.45) is 0. The van der Waals surface area contributed by atoms with Crippen LogP contribution in [0.3, 0.4) is 0 Å². The van der Waals surface area contributed by atoms with Gasteiger partial charge in [0.05, 0.1) is 39.2 Å². The molecule has 36 heavy (non-hydrogen) atoms. The Hall–Kier alpha value is -3.56. The maximum absolute atomic E-state index is 12.6. The minimum Gasteiger partial charge on any atom is -0.505 e. The van der Waals surface area contributed by atoms with Crippen LogP contribution in [-0.4, -0.2) is 33.8 Å². The number of imide groups is 2. The lowest BCUT2D eigenvalue weighted by molar-refractivity contribution is -0.128. The molecule has 14 heteroatoms. The van der Waals surface area contributed by atoms with Crippen LogP contribution in [0, 0.1) is 22.7 Å². The number of aromatic hydroxyl groups is 2. The average molecular weight is 555 g/mol. The SMILES string of the molecule is CC1=C(C#N)C(=O)NC(=O)C1=C1Sc2c(O)c3c(c(O)c2S1)SC(=C1C(=O)NC(=O)C(C#N)=C1C)S3. The fourth-order valence-corrected chi connectivity index (χ4v) is 9.43. The molecular formula is C22H10N4O6S4. The minimum absolute atomic E-state index is 0.104. The van der Waals surface area contributed by atoms with Gasteiger partial charge in [0, 0.05) is 0 Å². The molecule has 10 nitrogen and oxygen atoms in total. The van der Waals surface area contributed by atoms with Gasteiger partial charge in [-0.2, -0.15) is 10.5 Å². The second-order valence-corrected chi connectivity index (χ2v) is 12.1. The number of fused-ring (bicyclic) bond motifs is 2. The summed E-state index contributed by atoms with van der Waals surface area (Å²) in [4.78, 5) is 50.1. The van der Waals surface area contributed by atoms with Gasteiger partial charge in [0.15, 0.2) is 0 Å². The number of nitriles is 2. The van der Waals surface area contributed by atoms with E-state index in [2.05, 4.69) is 10.6 Å². The molecule has 0 saturated heterocycles. The van der Waals surface area contributed by atoms with Crippen molar-refractivity contribution < 1.29 is 29.4 Å². The van der Waals surface area contributed by atoms with Gasteiger partial charge >= 0.3 is 0 Å². The van der Waals surface area contributed by atoms with Crippen LogP contribution in [0.5, 0.6) is 11.5 Å². The average Bonchev–Trinajstić information content (AvgIpc) is 3.43. The predicted molar refractivity (Wildman–Crippen MR) is 130 cm³/mol. The number of carbonyl (C=O) groups excluding carboxylic acids is 4. The number of nitrogens with zero attached hydrogens (tertiary/aromatic N) is 2. The van der Waals surface area contributed by atoms with Crippen molar-refractivity contribution in [2.75, 3.05) is 0 Å². The molecule has 0 aliphatic carbocycles. The Balaban J connectivity index is 1.61. The van der Waals surface area contributed by atoms with E-state index >= 15 is 0 Å². The predicted octanol–water partition coefficient (Wildman–Crippen LogP) is 2.91. The number of phenolic OH excluding ortho intramolecular Hbond substituents is 2. The first kappa shape index (κ1) is 24.1. The van der Waals surface area contributed by atoms with Crippen LogP contribution in [-0.2, 0) is 19.2 Å². The summed E-state index contributed by atoms with van der Waals surface area (Å²) in [5, 5.41) is 45.0. The molecule has 5 rings (SSSR count). The number of benzene rings is 1. The highest BCUT2D eigenvalue weighted by Gasteiger charge is 2.40. The zero-order valence-corrected chi connectivity index (χ0v) is 21.3. The van der Waals surface area contributed by atoms with E-state index in [1.807, 2.05) is 0 Å². The summed E-state index contributed by atoms with van der Waals surface area (Å²) >= 11 is 4.06. The van der Waals surface area contributed by atoms with E-state index in [0.29, 0.717) is 8.47 Å². The Morgan fingerprint density at radius 3 is 1.19 bits per heavy atom. The van der Waals surface area contributed by atoms with E-state index < -0.39 is 23.6 Å². The van der Waals surface area contributed by atoms with E-state index in [1.165, 1.54) is 13.8 Å². The van der Waals surface area contributed by atoms with Gasteiger partial charge in [-0.15, -0.1) is 0 Å². The number of hydrogen-bond acceptors (Lipinski definition) is 12. The molecule has 0 saturated carbocycles. The van der Waals surface area contributed by atoms with Gasteiger partial charge in [0.1, 0.15) is 34.8 Å². The Kier molecular flexibility index (Phi) is 5.72. The number of carbonyl (C=O) groups is 4. The van der Waals surface area contributed by atoms with Crippen LogP contribution < -0.4 is 10.6 Å². The number of amides is 4. The highest BCUT2D eigenvalue weighted by atomic mass is 32.2. The summed E-state index contributed by atoms with van der Waals surface area (Å²) < 4.78 is 0.761. The van der Waals surface area contributed by atoms with Crippen molar-refractivity contribution in [1.82, 2.24) is 10.6 Å². The lowest BCUT2D eigenvalue weighted by Crippen LogP contribution is -2.38. The highest BCUT2D eigenvalue weighted by molar-refractivity contribution is 8.26. The van der Waals surface area contributed by atoms with Crippen molar-refractivity contribution in [1.29, 1.82) is 10.5 Å². The van der Waals surface area contributed by atoms with Gasteiger partial charge in [-0.25, -0.2) is 0 Å². The molecule has 0 atom stereocenters. The van der Waals surface area contributed by atoms with Crippen molar-refractivity contribution in [2.24, 2.45) is 0 Å². The highest BCUT2D eigenvalue weighted by Crippen LogP contribution is 2.68. The Labute approximate surface area is 219 Å². The van der Waals surface area contributed by atoms with E-state index in [1.54, 1.807) is 12.1 Å². The summed E-state index contributed by atoms with van der Waals surface area (Å²) in [6.45, 7) is 2.97. The van der Waals surface area contributed by atoms with Crippen molar-refractivity contribution in [3.63, 3.8) is 0 Å². The first-order valence-electron chi connectivity index (χ1n) is 9.84. The molecule has 0 aromatic heterocycles. The van der Waals surface area contributed by atoms with E-state index in [4.69, 9.17) is 0 Å².